The summed E-state index contributed by atoms with van der Waals surface area (Å²) >= 11 is 0. The Morgan fingerprint density at radius 2 is 2.07 bits per heavy atom. The van der Waals surface area contributed by atoms with Crippen molar-refractivity contribution in [1.29, 1.82) is 0 Å². The van der Waals surface area contributed by atoms with Gasteiger partial charge in [0, 0.05) is 45.0 Å². The lowest BCUT2D eigenvalue weighted by Crippen LogP contribution is -2.53. The molecule has 2 heterocycles. The van der Waals surface area contributed by atoms with E-state index in [-0.39, 0.29) is 0 Å². The Labute approximate surface area is 91.3 Å². The van der Waals surface area contributed by atoms with E-state index in [1.165, 1.54) is 5.69 Å². The molecule has 1 N–H and O–H groups in total. The van der Waals surface area contributed by atoms with Crippen LogP contribution in [0.25, 0.3) is 0 Å². The molecule has 4 nitrogen and oxygen atoms in total. The number of aryl methyl sites for hydroxylation is 1. The molecule has 1 aromatic heterocycles. The van der Waals surface area contributed by atoms with Crippen molar-refractivity contribution < 1.29 is 0 Å². The molecule has 4 heteroatoms. The molecule has 1 aliphatic rings. The molecule has 2 unspecified atom stereocenters. The van der Waals surface area contributed by atoms with Crippen LogP contribution in [0, 0.1) is 0 Å². The fourth-order valence-corrected chi connectivity index (χ4v) is 2.34. The number of hydrogen-bond donors (Lipinski definition) is 1. The lowest BCUT2D eigenvalue weighted by atomic mass is 10.1. The average Bonchev–Trinajstić information content (AvgIpc) is 2.50. The van der Waals surface area contributed by atoms with Gasteiger partial charge in [-0.05, 0) is 13.8 Å². The van der Waals surface area contributed by atoms with E-state index in [2.05, 4.69) is 40.7 Å². The summed E-state index contributed by atoms with van der Waals surface area (Å²) in [6.45, 7) is 7.73. The first-order valence-corrected chi connectivity index (χ1v) is 5.58. The lowest BCUT2D eigenvalue weighted by molar-refractivity contribution is 0.164. The van der Waals surface area contributed by atoms with Gasteiger partial charge >= 0.3 is 0 Å². The Morgan fingerprint density at radius 3 is 2.60 bits per heavy atom. The van der Waals surface area contributed by atoms with Gasteiger partial charge in [-0.2, -0.15) is 0 Å². The van der Waals surface area contributed by atoms with Gasteiger partial charge in [0.05, 0.1) is 12.0 Å². The minimum absolute atomic E-state index is 0.585. The Morgan fingerprint density at radius 1 is 1.40 bits per heavy atom. The fourth-order valence-electron chi connectivity index (χ4n) is 2.34. The van der Waals surface area contributed by atoms with Crippen molar-refractivity contribution in [1.82, 2.24) is 19.8 Å². The highest BCUT2D eigenvalue weighted by Crippen LogP contribution is 2.09. The third-order valence-electron chi connectivity index (χ3n) is 2.94. The quantitative estimate of drug-likeness (QED) is 0.772. The van der Waals surface area contributed by atoms with Gasteiger partial charge in [-0.25, -0.2) is 4.98 Å². The van der Waals surface area contributed by atoms with E-state index in [9.17, 15) is 0 Å². The van der Waals surface area contributed by atoms with Gasteiger partial charge in [0.2, 0.25) is 0 Å². The first kappa shape index (κ1) is 10.6. The van der Waals surface area contributed by atoms with Gasteiger partial charge in [-0.15, -0.1) is 0 Å². The maximum Gasteiger partial charge on any atom is 0.0945 e. The number of nitrogens with one attached hydrogen (secondary N) is 1. The highest BCUT2D eigenvalue weighted by atomic mass is 15.2. The largest absolute Gasteiger partial charge is 0.337 e. The van der Waals surface area contributed by atoms with Crippen LogP contribution in [0.2, 0.25) is 0 Å². The summed E-state index contributed by atoms with van der Waals surface area (Å²) < 4.78 is 2.09. The van der Waals surface area contributed by atoms with Crippen LogP contribution in [0.3, 0.4) is 0 Å². The molecule has 84 valence electrons. The minimum Gasteiger partial charge on any atom is -0.337 e. The molecule has 0 aromatic carbocycles. The normalized spacial score (nSPS) is 28.2. The van der Waals surface area contributed by atoms with Crippen LogP contribution in [-0.2, 0) is 13.6 Å². The molecule has 0 aliphatic carbocycles. The molecule has 2 rings (SSSR count). The molecule has 1 saturated heterocycles. The van der Waals surface area contributed by atoms with Gasteiger partial charge in [0.1, 0.15) is 0 Å². The smallest absolute Gasteiger partial charge is 0.0945 e. The molecule has 15 heavy (non-hydrogen) atoms. The Bertz CT molecular complexity index is 310. The van der Waals surface area contributed by atoms with Crippen LogP contribution in [-0.4, -0.2) is 39.6 Å². The molecule has 1 aliphatic heterocycles. The second-order valence-corrected chi connectivity index (χ2v) is 4.66. The SMILES string of the molecule is CC1CN(Cc2cncn2C)CC(C)N1. The maximum absolute atomic E-state index is 4.15. The third kappa shape index (κ3) is 2.58. The number of rotatable bonds is 2. The molecule has 0 spiro atoms. The molecule has 1 aromatic rings. The average molecular weight is 208 g/mol. The van der Waals surface area contributed by atoms with E-state index in [1.54, 1.807) is 0 Å². The van der Waals surface area contributed by atoms with Crippen LogP contribution in [0.4, 0.5) is 0 Å². The molecule has 0 amide bonds. The third-order valence-corrected chi connectivity index (χ3v) is 2.94. The summed E-state index contributed by atoms with van der Waals surface area (Å²) in [6, 6.07) is 1.17. The van der Waals surface area contributed by atoms with Crippen molar-refractivity contribution in [2.24, 2.45) is 7.05 Å². The Kier molecular flexibility index (Phi) is 3.07. The summed E-state index contributed by atoms with van der Waals surface area (Å²) in [5.41, 5.74) is 1.29. The zero-order valence-corrected chi connectivity index (χ0v) is 9.77. The predicted octanol–water partition coefficient (Wildman–Crippen LogP) is 0.602. The van der Waals surface area contributed by atoms with Crippen molar-refractivity contribution in [3.8, 4) is 0 Å². The van der Waals surface area contributed by atoms with Crippen molar-refractivity contribution in [2.45, 2.75) is 32.5 Å². The summed E-state index contributed by atoms with van der Waals surface area (Å²) in [5, 5.41) is 3.54. The van der Waals surface area contributed by atoms with Crippen molar-refractivity contribution in [3.63, 3.8) is 0 Å². The summed E-state index contributed by atoms with van der Waals surface area (Å²) in [7, 11) is 2.05. The summed E-state index contributed by atoms with van der Waals surface area (Å²) in [6.07, 6.45) is 3.82. The molecule has 2 atom stereocenters. The second-order valence-electron chi connectivity index (χ2n) is 4.66. The van der Waals surface area contributed by atoms with E-state index in [1.807, 2.05) is 12.5 Å². The van der Waals surface area contributed by atoms with Gasteiger partial charge in [0.15, 0.2) is 0 Å². The molecule has 0 radical (unpaired) electrons. The standard InChI is InChI=1S/C11H20N4/c1-9-5-15(6-10(2)13-9)7-11-4-12-8-14(11)3/h4,8-10,13H,5-7H2,1-3H3. The second kappa shape index (κ2) is 4.33. The van der Waals surface area contributed by atoms with Crippen LogP contribution >= 0.6 is 0 Å². The van der Waals surface area contributed by atoms with Gasteiger partial charge < -0.3 is 9.88 Å². The van der Waals surface area contributed by atoms with Gasteiger partial charge in [0.25, 0.3) is 0 Å². The van der Waals surface area contributed by atoms with Crippen LogP contribution in [0.15, 0.2) is 12.5 Å². The maximum atomic E-state index is 4.15. The number of hydrogen-bond acceptors (Lipinski definition) is 3. The topological polar surface area (TPSA) is 33.1 Å². The van der Waals surface area contributed by atoms with Crippen LogP contribution in [0.5, 0.6) is 0 Å². The fraction of sp³-hybridized carbons (Fsp3) is 0.727. The van der Waals surface area contributed by atoms with E-state index >= 15 is 0 Å². The molecule has 1 fully saturated rings. The molecular formula is C11H20N4. The van der Waals surface area contributed by atoms with Crippen molar-refractivity contribution in [2.75, 3.05) is 13.1 Å². The van der Waals surface area contributed by atoms with Crippen LogP contribution < -0.4 is 5.32 Å². The van der Waals surface area contributed by atoms with E-state index in [4.69, 9.17) is 0 Å². The zero-order chi connectivity index (χ0) is 10.8. The number of aromatic nitrogens is 2. The summed E-state index contributed by atoms with van der Waals surface area (Å²) in [4.78, 5) is 6.63. The molecular weight excluding hydrogens is 188 g/mol. The number of nitrogens with zero attached hydrogens (tertiary/aromatic N) is 3. The zero-order valence-electron chi connectivity index (χ0n) is 9.77. The molecule has 0 bridgehead atoms. The number of piperazine rings is 1. The van der Waals surface area contributed by atoms with Gasteiger partial charge in [-0.1, -0.05) is 0 Å². The Balaban J connectivity index is 1.97. The summed E-state index contributed by atoms with van der Waals surface area (Å²) in [5.74, 6) is 0. The molecule has 0 saturated carbocycles. The van der Waals surface area contributed by atoms with E-state index in [0.717, 1.165) is 19.6 Å². The van der Waals surface area contributed by atoms with E-state index in [0.29, 0.717) is 12.1 Å². The Hall–Kier alpha value is -0.870. The lowest BCUT2D eigenvalue weighted by Gasteiger charge is -2.36. The minimum atomic E-state index is 0.585. The first-order valence-electron chi connectivity index (χ1n) is 5.58. The van der Waals surface area contributed by atoms with Crippen molar-refractivity contribution >= 4 is 0 Å². The monoisotopic (exact) mass is 208 g/mol. The van der Waals surface area contributed by atoms with Gasteiger partial charge in [-0.3, -0.25) is 4.90 Å². The van der Waals surface area contributed by atoms with Crippen LogP contribution in [0.1, 0.15) is 19.5 Å². The van der Waals surface area contributed by atoms with Crippen molar-refractivity contribution in [3.05, 3.63) is 18.2 Å². The first-order chi connectivity index (χ1) is 7.15. The highest BCUT2D eigenvalue weighted by Gasteiger charge is 2.21. The highest BCUT2D eigenvalue weighted by molar-refractivity contribution is 4.98. The predicted molar refractivity (Wildman–Crippen MR) is 60.5 cm³/mol. The van der Waals surface area contributed by atoms with E-state index < -0.39 is 0 Å². The number of imidazole rings is 1.